The van der Waals surface area contributed by atoms with E-state index in [1.165, 1.54) is 5.56 Å². The molecule has 1 aliphatic carbocycles. The van der Waals surface area contributed by atoms with Crippen molar-refractivity contribution in [2.75, 3.05) is 0 Å². The minimum Gasteiger partial charge on any atom is -0.481 e. The quantitative estimate of drug-likeness (QED) is 0.881. The summed E-state index contributed by atoms with van der Waals surface area (Å²) in [6, 6.07) is 8.19. The summed E-state index contributed by atoms with van der Waals surface area (Å²) in [5.41, 5.74) is 1.92. The lowest BCUT2D eigenvalue weighted by molar-refractivity contribution is -0.147. The molecule has 1 N–H and O–H groups in total. The average molecular weight is 246 g/mol. The number of hydrogen-bond donors (Lipinski definition) is 1. The van der Waals surface area contributed by atoms with Crippen molar-refractivity contribution in [3.63, 3.8) is 0 Å². The van der Waals surface area contributed by atoms with Crippen LogP contribution in [0.2, 0.25) is 0 Å². The molecule has 0 saturated heterocycles. The van der Waals surface area contributed by atoms with Crippen LogP contribution < -0.4 is 0 Å². The highest BCUT2D eigenvalue weighted by molar-refractivity contribution is 5.82. The number of hydrogen-bond acceptors (Lipinski definition) is 1. The lowest BCUT2D eigenvalue weighted by Gasteiger charge is -2.38. The highest BCUT2D eigenvalue weighted by atomic mass is 16.4. The fourth-order valence-corrected chi connectivity index (χ4v) is 2.71. The van der Waals surface area contributed by atoms with Gasteiger partial charge in [-0.05, 0) is 35.8 Å². The molecule has 2 heteroatoms. The molecule has 0 heterocycles. The number of carbonyl (C=O) groups is 1. The van der Waals surface area contributed by atoms with Crippen molar-refractivity contribution in [2.45, 2.75) is 51.9 Å². The summed E-state index contributed by atoms with van der Waals surface area (Å²) in [5.74, 6) is -0.669. The molecule has 0 atom stereocenters. The van der Waals surface area contributed by atoms with Gasteiger partial charge in [0.2, 0.25) is 0 Å². The summed E-state index contributed by atoms with van der Waals surface area (Å²) in [7, 11) is 0. The molecule has 0 spiro atoms. The van der Waals surface area contributed by atoms with Gasteiger partial charge in [0, 0.05) is 0 Å². The Balaban J connectivity index is 2.20. The van der Waals surface area contributed by atoms with Crippen molar-refractivity contribution in [2.24, 2.45) is 5.41 Å². The summed E-state index contributed by atoms with van der Waals surface area (Å²) in [6.45, 7) is 6.64. The predicted molar refractivity (Wildman–Crippen MR) is 72.8 cm³/mol. The van der Waals surface area contributed by atoms with E-state index in [9.17, 15) is 9.90 Å². The van der Waals surface area contributed by atoms with Crippen LogP contribution in [0.15, 0.2) is 24.3 Å². The molecule has 1 fully saturated rings. The first kappa shape index (κ1) is 13.1. The standard InChI is InChI=1S/C16H22O2/c1-15(2,3)11-12-5-7-13(8-6-12)16(14(17)18)9-4-10-16/h5-8H,4,9-11H2,1-3H3,(H,17,18). The van der Waals surface area contributed by atoms with Crippen LogP contribution in [0.3, 0.4) is 0 Å². The Morgan fingerprint density at radius 3 is 2.11 bits per heavy atom. The maximum atomic E-state index is 11.4. The first-order chi connectivity index (χ1) is 8.33. The van der Waals surface area contributed by atoms with Crippen LogP contribution in [0.25, 0.3) is 0 Å². The van der Waals surface area contributed by atoms with Gasteiger partial charge in [0.25, 0.3) is 0 Å². The Kier molecular flexibility index (Phi) is 3.22. The maximum absolute atomic E-state index is 11.4. The van der Waals surface area contributed by atoms with Crippen LogP contribution in [0.4, 0.5) is 0 Å². The topological polar surface area (TPSA) is 37.3 Å². The number of rotatable bonds is 3. The molecule has 0 bridgehead atoms. The van der Waals surface area contributed by atoms with Crippen molar-refractivity contribution < 1.29 is 9.90 Å². The second-order valence-electron chi connectivity index (χ2n) is 6.68. The van der Waals surface area contributed by atoms with Crippen LogP contribution in [-0.4, -0.2) is 11.1 Å². The second kappa shape index (κ2) is 4.42. The van der Waals surface area contributed by atoms with Gasteiger partial charge in [-0.1, -0.05) is 51.5 Å². The summed E-state index contributed by atoms with van der Waals surface area (Å²) in [4.78, 5) is 11.4. The molecule has 98 valence electrons. The molecule has 0 unspecified atom stereocenters. The van der Waals surface area contributed by atoms with E-state index in [1.54, 1.807) is 0 Å². The van der Waals surface area contributed by atoms with Gasteiger partial charge in [-0.3, -0.25) is 4.79 Å². The zero-order valence-corrected chi connectivity index (χ0v) is 11.5. The van der Waals surface area contributed by atoms with Crippen LogP contribution in [0, 0.1) is 5.41 Å². The van der Waals surface area contributed by atoms with Crippen LogP contribution in [0.5, 0.6) is 0 Å². The third kappa shape index (κ3) is 2.43. The average Bonchev–Trinajstić information content (AvgIpc) is 2.15. The molecule has 0 aromatic heterocycles. The van der Waals surface area contributed by atoms with Crippen LogP contribution >= 0.6 is 0 Å². The molecular formula is C16H22O2. The van der Waals surface area contributed by atoms with Gasteiger partial charge in [-0.15, -0.1) is 0 Å². The van der Waals surface area contributed by atoms with Crippen molar-refractivity contribution in [1.82, 2.24) is 0 Å². The summed E-state index contributed by atoms with van der Waals surface area (Å²) in [6.07, 6.45) is 3.60. The lowest BCUT2D eigenvalue weighted by atomic mass is 9.64. The number of carboxylic acids is 1. The van der Waals surface area contributed by atoms with Crippen LogP contribution in [-0.2, 0) is 16.6 Å². The van der Waals surface area contributed by atoms with Gasteiger partial charge in [0.15, 0.2) is 0 Å². The van der Waals surface area contributed by atoms with Crippen molar-refractivity contribution in [3.05, 3.63) is 35.4 Å². The molecular weight excluding hydrogens is 224 g/mol. The smallest absolute Gasteiger partial charge is 0.314 e. The zero-order valence-electron chi connectivity index (χ0n) is 11.5. The fourth-order valence-electron chi connectivity index (χ4n) is 2.71. The fraction of sp³-hybridized carbons (Fsp3) is 0.562. The Labute approximate surface area is 109 Å². The molecule has 1 aliphatic rings. The van der Waals surface area contributed by atoms with Crippen molar-refractivity contribution in [1.29, 1.82) is 0 Å². The van der Waals surface area contributed by atoms with Crippen molar-refractivity contribution in [3.8, 4) is 0 Å². The number of benzene rings is 1. The molecule has 1 aromatic rings. The normalized spacial score (nSPS) is 18.2. The third-order valence-electron chi connectivity index (χ3n) is 3.86. The Hall–Kier alpha value is -1.31. The van der Waals surface area contributed by atoms with E-state index in [0.717, 1.165) is 31.2 Å². The molecule has 2 nitrogen and oxygen atoms in total. The Bertz CT molecular complexity index is 433. The summed E-state index contributed by atoms with van der Waals surface area (Å²) < 4.78 is 0. The van der Waals surface area contributed by atoms with E-state index in [-0.39, 0.29) is 5.41 Å². The lowest BCUT2D eigenvalue weighted by Crippen LogP contribution is -2.42. The van der Waals surface area contributed by atoms with Gasteiger partial charge >= 0.3 is 5.97 Å². The van der Waals surface area contributed by atoms with Gasteiger partial charge in [0.1, 0.15) is 0 Å². The van der Waals surface area contributed by atoms with Crippen molar-refractivity contribution >= 4 is 5.97 Å². The highest BCUT2D eigenvalue weighted by Crippen LogP contribution is 2.44. The van der Waals surface area contributed by atoms with E-state index in [0.29, 0.717) is 0 Å². The van der Waals surface area contributed by atoms with Crippen LogP contribution in [0.1, 0.15) is 51.2 Å². The molecule has 0 amide bonds. The van der Waals surface area contributed by atoms with E-state index in [4.69, 9.17) is 0 Å². The van der Waals surface area contributed by atoms with E-state index < -0.39 is 11.4 Å². The SMILES string of the molecule is CC(C)(C)Cc1ccc(C2(C(=O)O)CCC2)cc1. The largest absolute Gasteiger partial charge is 0.481 e. The Morgan fingerprint density at radius 1 is 1.22 bits per heavy atom. The van der Waals surface area contributed by atoms with E-state index in [1.807, 2.05) is 12.1 Å². The number of aliphatic carboxylic acids is 1. The molecule has 0 radical (unpaired) electrons. The minimum absolute atomic E-state index is 0.266. The predicted octanol–water partition coefficient (Wildman–Crippen LogP) is 3.78. The first-order valence-corrected chi connectivity index (χ1v) is 6.66. The maximum Gasteiger partial charge on any atom is 0.314 e. The minimum atomic E-state index is -0.669. The molecule has 18 heavy (non-hydrogen) atoms. The molecule has 1 aromatic carbocycles. The second-order valence-corrected chi connectivity index (χ2v) is 6.68. The monoisotopic (exact) mass is 246 g/mol. The Morgan fingerprint density at radius 2 is 1.78 bits per heavy atom. The summed E-state index contributed by atoms with van der Waals surface area (Å²) >= 11 is 0. The third-order valence-corrected chi connectivity index (χ3v) is 3.86. The van der Waals surface area contributed by atoms with E-state index in [2.05, 4.69) is 32.9 Å². The number of carboxylic acid groups (broad SMARTS) is 1. The highest BCUT2D eigenvalue weighted by Gasteiger charge is 2.45. The van der Waals surface area contributed by atoms with Gasteiger partial charge in [0.05, 0.1) is 5.41 Å². The first-order valence-electron chi connectivity index (χ1n) is 6.66. The molecule has 0 aliphatic heterocycles. The van der Waals surface area contributed by atoms with E-state index >= 15 is 0 Å². The van der Waals surface area contributed by atoms with Gasteiger partial charge in [-0.25, -0.2) is 0 Å². The molecule has 1 saturated carbocycles. The summed E-state index contributed by atoms with van der Waals surface area (Å²) in [5, 5.41) is 9.39. The zero-order chi connectivity index (χ0) is 13.4. The van der Waals surface area contributed by atoms with Gasteiger partial charge in [-0.2, -0.15) is 0 Å². The molecule has 2 rings (SSSR count). The van der Waals surface area contributed by atoms with Gasteiger partial charge < -0.3 is 5.11 Å².